The molecule has 0 spiro atoms. The van der Waals surface area contributed by atoms with Crippen LogP contribution in [0.25, 0.3) is 0 Å². The van der Waals surface area contributed by atoms with E-state index < -0.39 is 16.2 Å². The summed E-state index contributed by atoms with van der Waals surface area (Å²) in [5.74, 6) is 0.884. The van der Waals surface area contributed by atoms with Crippen LogP contribution >= 0.6 is 0 Å². The van der Waals surface area contributed by atoms with Crippen LogP contribution in [0.1, 0.15) is 17.2 Å². The van der Waals surface area contributed by atoms with Crippen LogP contribution in [0.15, 0.2) is 83.8 Å². The van der Waals surface area contributed by atoms with E-state index in [1.165, 1.54) is 18.2 Å². The molecular weight excluding hydrogens is 390 g/mol. The summed E-state index contributed by atoms with van der Waals surface area (Å²) in [6, 6.07) is 22.1. The zero-order valence-corrected chi connectivity index (χ0v) is 16.8. The average molecular weight is 413 g/mol. The third-order valence-electron chi connectivity index (χ3n) is 4.34. The van der Waals surface area contributed by atoms with Crippen LogP contribution in [0.3, 0.4) is 0 Å². The largest absolute Gasteiger partial charge is 0.497 e. The third-order valence-corrected chi connectivity index (χ3v) is 5.58. The number of para-hydroxylation sites is 1. The van der Waals surface area contributed by atoms with Crippen molar-refractivity contribution in [2.45, 2.75) is 17.5 Å². The van der Waals surface area contributed by atoms with Gasteiger partial charge >= 0.3 is 10.1 Å². The molecule has 152 valence electrons. The lowest BCUT2D eigenvalue weighted by molar-refractivity contribution is 0.172. The SMILES string of the molecule is COc1ccc(CNC[C@H](O)c2ccccc2OS(=O)(=O)c2ccccc2)cc1. The molecule has 1 atom stereocenters. The predicted molar refractivity (Wildman–Crippen MR) is 110 cm³/mol. The van der Waals surface area contributed by atoms with E-state index in [4.69, 9.17) is 8.92 Å². The van der Waals surface area contributed by atoms with E-state index in [0.717, 1.165) is 11.3 Å². The lowest BCUT2D eigenvalue weighted by Gasteiger charge is -2.16. The van der Waals surface area contributed by atoms with Crippen molar-refractivity contribution in [3.63, 3.8) is 0 Å². The van der Waals surface area contributed by atoms with Crippen molar-refractivity contribution in [1.82, 2.24) is 5.32 Å². The molecule has 0 radical (unpaired) electrons. The molecule has 0 aliphatic heterocycles. The van der Waals surface area contributed by atoms with E-state index in [1.54, 1.807) is 43.5 Å². The molecule has 0 bridgehead atoms. The monoisotopic (exact) mass is 413 g/mol. The molecular formula is C22H23NO5S. The molecule has 0 saturated heterocycles. The van der Waals surface area contributed by atoms with E-state index >= 15 is 0 Å². The van der Waals surface area contributed by atoms with Gasteiger partial charge < -0.3 is 19.3 Å². The number of hydrogen-bond donors (Lipinski definition) is 2. The van der Waals surface area contributed by atoms with Crippen LogP contribution < -0.4 is 14.2 Å². The summed E-state index contributed by atoms with van der Waals surface area (Å²) < 4.78 is 35.4. The minimum atomic E-state index is -3.98. The lowest BCUT2D eigenvalue weighted by atomic mass is 10.1. The lowest BCUT2D eigenvalue weighted by Crippen LogP contribution is -2.22. The Balaban J connectivity index is 1.66. The maximum absolute atomic E-state index is 12.5. The fourth-order valence-corrected chi connectivity index (χ4v) is 3.77. The first-order valence-corrected chi connectivity index (χ1v) is 10.5. The summed E-state index contributed by atoms with van der Waals surface area (Å²) in [5, 5.41) is 13.7. The Morgan fingerprint density at radius 3 is 2.28 bits per heavy atom. The van der Waals surface area contributed by atoms with Gasteiger partial charge in [-0.15, -0.1) is 0 Å². The van der Waals surface area contributed by atoms with Gasteiger partial charge in [0.2, 0.25) is 0 Å². The molecule has 3 aromatic rings. The minimum absolute atomic E-state index is 0.0573. The van der Waals surface area contributed by atoms with Crippen molar-refractivity contribution < 1.29 is 22.4 Å². The molecule has 0 aliphatic rings. The fourth-order valence-electron chi connectivity index (χ4n) is 2.79. The Bertz CT molecular complexity index is 1020. The van der Waals surface area contributed by atoms with Gasteiger partial charge in [-0.2, -0.15) is 8.42 Å². The van der Waals surface area contributed by atoms with E-state index in [0.29, 0.717) is 12.1 Å². The highest BCUT2D eigenvalue weighted by Gasteiger charge is 2.20. The van der Waals surface area contributed by atoms with Crippen LogP contribution in [-0.4, -0.2) is 27.2 Å². The first-order valence-electron chi connectivity index (χ1n) is 9.10. The van der Waals surface area contributed by atoms with Crippen molar-refractivity contribution in [3.05, 3.63) is 90.0 Å². The summed E-state index contributed by atoms with van der Waals surface area (Å²) in [6.07, 6.45) is -0.935. The second-order valence-electron chi connectivity index (χ2n) is 6.38. The Hall–Kier alpha value is -2.87. The maximum Gasteiger partial charge on any atom is 0.339 e. The second kappa shape index (κ2) is 9.56. The van der Waals surface area contributed by atoms with E-state index in [1.807, 2.05) is 24.3 Å². The topological polar surface area (TPSA) is 84.9 Å². The summed E-state index contributed by atoms with van der Waals surface area (Å²) in [7, 11) is -2.37. The summed E-state index contributed by atoms with van der Waals surface area (Å²) >= 11 is 0. The van der Waals surface area contributed by atoms with E-state index in [-0.39, 0.29) is 17.2 Å². The molecule has 3 aromatic carbocycles. The molecule has 0 saturated carbocycles. The van der Waals surface area contributed by atoms with Crippen molar-refractivity contribution in [1.29, 1.82) is 0 Å². The molecule has 0 amide bonds. The minimum Gasteiger partial charge on any atom is -0.497 e. The Labute approximate surface area is 170 Å². The number of aliphatic hydroxyl groups is 1. The highest BCUT2D eigenvalue weighted by atomic mass is 32.2. The number of rotatable bonds is 9. The predicted octanol–water partition coefficient (Wildman–Crippen LogP) is 3.29. The number of aliphatic hydroxyl groups excluding tert-OH is 1. The van der Waals surface area contributed by atoms with E-state index in [9.17, 15) is 13.5 Å². The van der Waals surface area contributed by atoms with Gasteiger partial charge in [-0.3, -0.25) is 0 Å². The first-order chi connectivity index (χ1) is 14.0. The normalized spacial score (nSPS) is 12.3. The molecule has 6 nitrogen and oxygen atoms in total. The van der Waals surface area contributed by atoms with Gasteiger partial charge in [-0.05, 0) is 35.9 Å². The van der Waals surface area contributed by atoms with Gasteiger partial charge in [0.1, 0.15) is 16.4 Å². The van der Waals surface area contributed by atoms with Crippen molar-refractivity contribution in [2.75, 3.05) is 13.7 Å². The van der Waals surface area contributed by atoms with Crippen LogP contribution in [0.2, 0.25) is 0 Å². The summed E-state index contributed by atoms with van der Waals surface area (Å²) in [4.78, 5) is 0.0573. The molecule has 7 heteroatoms. The molecule has 0 aliphatic carbocycles. The molecule has 3 rings (SSSR count). The standard InChI is InChI=1S/C22H23NO5S/c1-27-18-13-11-17(12-14-18)15-23-16-21(24)20-9-5-6-10-22(20)28-29(25,26)19-7-3-2-4-8-19/h2-14,21,23-24H,15-16H2,1H3/t21-/m0/s1. The quantitative estimate of drug-likeness (QED) is 0.524. The Kier molecular flexibility index (Phi) is 6.87. The van der Waals surface area contributed by atoms with Crippen LogP contribution in [0, 0.1) is 0 Å². The highest BCUT2D eigenvalue weighted by Crippen LogP contribution is 2.27. The highest BCUT2D eigenvalue weighted by molar-refractivity contribution is 7.87. The first kappa shape index (κ1) is 20.9. The van der Waals surface area contributed by atoms with Crippen molar-refractivity contribution in [2.24, 2.45) is 0 Å². The Morgan fingerprint density at radius 1 is 0.931 bits per heavy atom. The van der Waals surface area contributed by atoms with Crippen LogP contribution in [-0.2, 0) is 16.7 Å². The fraction of sp³-hybridized carbons (Fsp3) is 0.182. The van der Waals surface area contributed by atoms with Gasteiger partial charge in [0.05, 0.1) is 13.2 Å². The smallest absolute Gasteiger partial charge is 0.339 e. The number of benzene rings is 3. The third kappa shape index (κ3) is 5.57. The van der Waals surface area contributed by atoms with Gasteiger partial charge in [0, 0.05) is 18.7 Å². The molecule has 0 heterocycles. The summed E-state index contributed by atoms with van der Waals surface area (Å²) in [5.41, 5.74) is 1.43. The van der Waals surface area contributed by atoms with Gasteiger partial charge in [0.15, 0.2) is 0 Å². The summed E-state index contributed by atoms with van der Waals surface area (Å²) in [6.45, 7) is 0.782. The molecule has 2 N–H and O–H groups in total. The van der Waals surface area contributed by atoms with Crippen LogP contribution in [0.5, 0.6) is 11.5 Å². The van der Waals surface area contributed by atoms with Crippen LogP contribution in [0.4, 0.5) is 0 Å². The average Bonchev–Trinajstić information content (AvgIpc) is 2.75. The number of ether oxygens (including phenoxy) is 1. The van der Waals surface area contributed by atoms with Gasteiger partial charge in [-0.25, -0.2) is 0 Å². The van der Waals surface area contributed by atoms with Crippen molar-refractivity contribution >= 4 is 10.1 Å². The van der Waals surface area contributed by atoms with Gasteiger partial charge in [-0.1, -0.05) is 48.5 Å². The molecule has 0 unspecified atom stereocenters. The van der Waals surface area contributed by atoms with Crippen molar-refractivity contribution in [3.8, 4) is 11.5 Å². The Morgan fingerprint density at radius 2 is 1.59 bits per heavy atom. The molecule has 0 aromatic heterocycles. The molecule has 29 heavy (non-hydrogen) atoms. The van der Waals surface area contributed by atoms with Gasteiger partial charge in [0.25, 0.3) is 0 Å². The van der Waals surface area contributed by atoms with E-state index in [2.05, 4.69) is 5.32 Å². The number of methoxy groups -OCH3 is 1. The number of nitrogens with one attached hydrogen (secondary N) is 1. The zero-order chi connectivity index (χ0) is 20.7. The zero-order valence-electron chi connectivity index (χ0n) is 16.0. The maximum atomic E-state index is 12.5. The number of hydrogen-bond acceptors (Lipinski definition) is 6. The second-order valence-corrected chi connectivity index (χ2v) is 7.93. The molecule has 0 fully saturated rings.